The number of carbonyl (C=O) groups is 1. The number of pyridine rings is 2. The van der Waals surface area contributed by atoms with Crippen LogP contribution < -0.4 is 9.80 Å². The Morgan fingerprint density at radius 2 is 1.65 bits per heavy atom. The fourth-order valence-corrected chi connectivity index (χ4v) is 4.62. The van der Waals surface area contributed by atoms with E-state index in [1.807, 2.05) is 23.1 Å². The normalized spacial score (nSPS) is 17.3. The maximum Gasteiger partial charge on any atom is 0.257 e. The van der Waals surface area contributed by atoms with Gasteiger partial charge in [0.1, 0.15) is 11.6 Å². The summed E-state index contributed by atoms with van der Waals surface area (Å²) in [5.41, 5.74) is 2.09. The molecule has 0 atom stereocenters. The van der Waals surface area contributed by atoms with E-state index in [4.69, 9.17) is 0 Å². The van der Waals surface area contributed by atoms with Crippen molar-refractivity contribution in [2.45, 2.75) is 19.3 Å². The summed E-state index contributed by atoms with van der Waals surface area (Å²) in [4.78, 5) is 28.7. The Labute approximate surface area is 181 Å². The number of aromatic nitrogens is 2. The summed E-state index contributed by atoms with van der Waals surface area (Å²) < 4.78 is 14.2. The van der Waals surface area contributed by atoms with Gasteiger partial charge in [0.05, 0.1) is 16.8 Å². The number of likely N-dealkylation sites (tertiary alicyclic amines) is 1. The molecule has 31 heavy (non-hydrogen) atoms. The Hall–Kier alpha value is -3.22. The molecule has 1 aromatic carbocycles. The van der Waals surface area contributed by atoms with Gasteiger partial charge in [-0.05, 0) is 49.6 Å². The van der Waals surface area contributed by atoms with Crippen LogP contribution in [0, 0.1) is 5.82 Å². The monoisotopic (exact) mass is 419 g/mol. The molecule has 0 bridgehead atoms. The highest BCUT2D eigenvalue weighted by atomic mass is 19.1. The maximum absolute atomic E-state index is 14.2. The molecule has 2 saturated heterocycles. The third-order valence-corrected chi connectivity index (χ3v) is 6.24. The minimum Gasteiger partial charge on any atom is -0.367 e. The molecular formula is C24H26FN5O. The minimum absolute atomic E-state index is 0.000479. The van der Waals surface area contributed by atoms with Gasteiger partial charge in [0, 0.05) is 57.0 Å². The van der Waals surface area contributed by atoms with Crippen molar-refractivity contribution < 1.29 is 9.18 Å². The number of halogens is 1. The molecule has 0 aliphatic carbocycles. The summed E-state index contributed by atoms with van der Waals surface area (Å²) in [6.07, 6.45) is 6.69. The predicted octanol–water partition coefficient (Wildman–Crippen LogP) is 3.72. The molecule has 0 N–H and O–H groups in total. The number of anilines is 2. The van der Waals surface area contributed by atoms with Crippen molar-refractivity contribution in [3.05, 3.63) is 60.2 Å². The quantitative estimate of drug-likeness (QED) is 0.648. The van der Waals surface area contributed by atoms with Gasteiger partial charge in [-0.3, -0.25) is 9.78 Å². The number of hydrogen-bond donors (Lipinski definition) is 0. The first-order valence-corrected chi connectivity index (χ1v) is 11.0. The highest BCUT2D eigenvalue weighted by Crippen LogP contribution is 2.33. The van der Waals surface area contributed by atoms with Gasteiger partial charge in [0.15, 0.2) is 0 Å². The maximum atomic E-state index is 14.2. The van der Waals surface area contributed by atoms with Crippen LogP contribution in [0.3, 0.4) is 0 Å². The average Bonchev–Trinajstić information content (AvgIpc) is 2.84. The number of piperazine rings is 1. The van der Waals surface area contributed by atoms with Crippen LogP contribution in [-0.4, -0.2) is 60.0 Å². The number of fused-ring (bicyclic) bond motifs is 1. The predicted molar refractivity (Wildman–Crippen MR) is 120 cm³/mol. The van der Waals surface area contributed by atoms with E-state index in [1.165, 1.54) is 12.1 Å². The number of rotatable bonds is 3. The van der Waals surface area contributed by atoms with Crippen molar-refractivity contribution in [3.8, 4) is 0 Å². The third kappa shape index (κ3) is 3.92. The van der Waals surface area contributed by atoms with Crippen LogP contribution in [0.25, 0.3) is 10.9 Å². The summed E-state index contributed by atoms with van der Waals surface area (Å²) in [6, 6.07) is 10.5. The molecular weight excluding hydrogens is 393 g/mol. The molecule has 3 aromatic rings. The number of carbonyl (C=O) groups excluding carboxylic acids is 1. The third-order valence-electron chi connectivity index (χ3n) is 6.24. The molecule has 4 heterocycles. The smallest absolute Gasteiger partial charge is 0.257 e. The van der Waals surface area contributed by atoms with Gasteiger partial charge >= 0.3 is 0 Å². The zero-order valence-electron chi connectivity index (χ0n) is 17.5. The average molecular weight is 420 g/mol. The Kier molecular flexibility index (Phi) is 5.40. The SMILES string of the molecule is O=C(c1cnc2ccc(F)cc2c1N1CCN(c2ccccn2)CC1)N1CCCCC1. The van der Waals surface area contributed by atoms with Gasteiger partial charge in [-0.1, -0.05) is 6.07 Å². The van der Waals surface area contributed by atoms with Gasteiger partial charge in [0.25, 0.3) is 5.91 Å². The lowest BCUT2D eigenvalue weighted by atomic mass is 10.0. The van der Waals surface area contributed by atoms with E-state index in [0.717, 1.165) is 70.0 Å². The fraction of sp³-hybridized carbons (Fsp3) is 0.375. The second-order valence-electron chi connectivity index (χ2n) is 8.20. The highest BCUT2D eigenvalue weighted by molar-refractivity contribution is 6.07. The van der Waals surface area contributed by atoms with Gasteiger partial charge < -0.3 is 14.7 Å². The van der Waals surface area contributed by atoms with Gasteiger partial charge in [-0.25, -0.2) is 9.37 Å². The molecule has 1 amide bonds. The molecule has 2 aliphatic heterocycles. The molecule has 2 aromatic heterocycles. The molecule has 0 spiro atoms. The van der Waals surface area contributed by atoms with E-state index < -0.39 is 0 Å². The van der Waals surface area contributed by atoms with Crippen molar-refractivity contribution in [3.63, 3.8) is 0 Å². The van der Waals surface area contributed by atoms with E-state index in [2.05, 4.69) is 19.8 Å². The summed E-state index contributed by atoms with van der Waals surface area (Å²) >= 11 is 0. The summed E-state index contributed by atoms with van der Waals surface area (Å²) in [5.74, 6) is 0.642. The number of benzene rings is 1. The lowest BCUT2D eigenvalue weighted by Crippen LogP contribution is -2.47. The molecule has 2 aliphatic rings. The number of hydrogen-bond acceptors (Lipinski definition) is 5. The second kappa shape index (κ2) is 8.49. The topological polar surface area (TPSA) is 52.6 Å². The Bertz CT molecular complexity index is 1080. The molecule has 160 valence electrons. The second-order valence-corrected chi connectivity index (χ2v) is 8.20. The van der Waals surface area contributed by atoms with Crippen LogP contribution in [0.2, 0.25) is 0 Å². The van der Waals surface area contributed by atoms with E-state index >= 15 is 0 Å². The van der Waals surface area contributed by atoms with Crippen molar-refractivity contribution in [1.29, 1.82) is 0 Å². The van der Waals surface area contributed by atoms with Gasteiger partial charge in [-0.2, -0.15) is 0 Å². The van der Waals surface area contributed by atoms with E-state index in [1.54, 1.807) is 18.5 Å². The largest absolute Gasteiger partial charge is 0.367 e. The number of amides is 1. The van der Waals surface area contributed by atoms with Crippen molar-refractivity contribution in [2.75, 3.05) is 49.1 Å². The highest BCUT2D eigenvalue weighted by Gasteiger charge is 2.28. The standard InChI is InChI=1S/C24H26FN5O/c25-18-7-8-21-19(16-18)23(20(17-27-21)24(31)30-10-4-1-5-11-30)29-14-12-28(13-15-29)22-6-2-3-9-26-22/h2-3,6-9,16-17H,1,4-5,10-15H2. The first-order valence-electron chi connectivity index (χ1n) is 11.0. The molecule has 0 unspecified atom stereocenters. The van der Waals surface area contributed by atoms with Crippen molar-refractivity contribution in [1.82, 2.24) is 14.9 Å². The Morgan fingerprint density at radius 1 is 0.871 bits per heavy atom. The zero-order valence-corrected chi connectivity index (χ0v) is 17.5. The van der Waals surface area contributed by atoms with Gasteiger partial charge in [-0.15, -0.1) is 0 Å². The van der Waals surface area contributed by atoms with Crippen LogP contribution in [0.15, 0.2) is 48.8 Å². The van der Waals surface area contributed by atoms with Crippen LogP contribution in [-0.2, 0) is 0 Å². The Morgan fingerprint density at radius 3 is 2.39 bits per heavy atom. The molecule has 5 rings (SSSR count). The lowest BCUT2D eigenvalue weighted by molar-refractivity contribution is 0.0724. The lowest BCUT2D eigenvalue weighted by Gasteiger charge is -2.38. The molecule has 2 fully saturated rings. The molecule has 0 radical (unpaired) electrons. The molecule has 0 saturated carbocycles. The summed E-state index contributed by atoms with van der Waals surface area (Å²) in [7, 11) is 0. The van der Waals surface area contributed by atoms with E-state index in [9.17, 15) is 9.18 Å². The van der Waals surface area contributed by atoms with E-state index in [0.29, 0.717) is 16.5 Å². The Balaban J connectivity index is 1.50. The minimum atomic E-state index is -0.315. The van der Waals surface area contributed by atoms with Crippen LogP contribution in [0.1, 0.15) is 29.6 Å². The molecule has 7 heteroatoms. The van der Waals surface area contributed by atoms with Gasteiger partial charge in [0.2, 0.25) is 0 Å². The fourth-order valence-electron chi connectivity index (χ4n) is 4.62. The summed E-state index contributed by atoms with van der Waals surface area (Å²) in [6.45, 7) is 4.57. The van der Waals surface area contributed by atoms with Crippen molar-refractivity contribution >= 4 is 28.3 Å². The van der Waals surface area contributed by atoms with Crippen LogP contribution >= 0.6 is 0 Å². The zero-order chi connectivity index (χ0) is 21.2. The van der Waals surface area contributed by atoms with Crippen LogP contribution in [0.5, 0.6) is 0 Å². The summed E-state index contributed by atoms with van der Waals surface area (Å²) in [5, 5.41) is 0.703. The van der Waals surface area contributed by atoms with Crippen molar-refractivity contribution in [2.24, 2.45) is 0 Å². The molecule has 6 nitrogen and oxygen atoms in total. The van der Waals surface area contributed by atoms with Crippen LogP contribution in [0.4, 0.5) is 15.9 Å². The number of piperidine rings is 1. The first-order chi connectivity index (χ1) is 15.2. The first kappa shape index (κ1) is 19.7. The number of nitrogens with zero attached hydrogens (tertiary/aromatic N) is 5. The van der Waals surface area contributed by atoms with E-state index in [-0.39, 0.29) is 11.7 Å².